The fourth-order valence-electron chi connectivity index (χ4n) is 3.54. The van der Waals surface area contributed by atoms with Crippen molar-refractivity contribution in [2.45, 2.75) is 12.3 Å². The summed E-state index contributed by atoms with van der Waals surface area (Å²) in [5.74, 6) is 0.848. The molecule has 0 aliphatic carbocycles. The van der Waals surface area contributed by atoms with E-state index in [1.54, 1.807) is 30.5 Å². The van der Waals surface area contributed by atoms with E-state index in [0.29, 0.717) is 28.4 Å². The fraction of sp³-hybridized carbons (Fsp3) is 0.0909. The molecule has 0 amide bonds. The first-order valence-electron chi connectivity index (χ1n) is 8.61. The number of ketones is 1. The number of carbonyl (C=O) groups excluding carboxylic acids is 2. The summed E-state index contributed by atoms with van der Waals surface area (Å²) in [6, 6.07) is 16.4. The third-order valence-electron chi connectivity index (χ3n) is 4.76. The van der Waals surface area contributed by atoms with Gasteiger partial charge in [0.05, 0.1) is 24.2 Å². The number of rotatable bonds is 2. The molecule has 0 radical (unpaired) electrons. The summed E-state index contributed by atoms with van der Waals surface area (Å²) in [4.78, 5) is 24.8. The van der Waals surface area contributed by atoms with Crippen LogP contribution in [0.3, 0.4) is 0 Å². The van der Waals surface area contributed by atoms with Crippen molar-refractivity contribution in [1.82, 2.24) is 0 Å². The lowest BCUT2D eigenvalue weighted by Crippen LogP contribution is -2.21. The van der Waals surface area contributed by atoms with Crippen molar-refractivity contribution >= 4 is 17.8 Å². The first-order chi connectivity index (χ1) is 13.2. The Morgan fingerprint density at radius 1 is 0.926 bits per heavy atom. The quantitative estimate of drug-likeness (QED) is 0.387. The number of esters is 1. The van der Waals surface area contributed by atoms with Crippen LogP contribution < -0.4 is 9.47 Å². The number of carbonyl (C=O) groups is 2. The summed E-state index contributed by atoms with van der Waals surface area (Å²) in [5.41, 5.74) is 2.01. The Morgan fingerprint density at radius 2 is 1.78 bits per heavy atom. The molecule has 0 unspecified atom stereocenters. The lowest BCUT2D eigenvalue weighted by molar-refractivity contribution is -0.135. The maximum absolute atomic E-state index is 12.8. The average Bonchev–Trinajstić information content (AvgIpc) is 3.31. The summed E-state index contributed by atoms with van der Waals surface area (Å²) in [6.45, 7) is 0. The molecule has 27 heavy (non-hydrogen) atoms. The molecule has 0 spiro atoms. The topological polar surface area (TPSA) is 65.7 Å². The second-order valence-corrected chi connectivity index (χ2v) is 6.45. The van der Waals surface area contributed by atoms with Gasteiger partial charge in [-0.25, -0.2) is 0 Å². The third-order valence-corrected chi connectivity index (χ3v) is 4.76. The molecule has 5 nitrogen and oxygen atoms in total. The van der Waals surface area contributed by atoms with Crippen LogP contribution in [0.2, 0.25) is 0 Å². The highest BCUT2D eigenvalue weighted by molar-refractivity contribution is 6.15. The minimum Gasteiger partial charge on any atom is -0.469 e. The minimum absolute atomic E-state index is 0.131. The zero-order valence-corrected chi connectivity index (χ0v) is 14.2. The lowest BCUT2D eigenvalue weighted by Gasteiger charge is -2.24. The Kier molecular flexibility index (Phi) is 3.47. The Morgan fingerprint density at radius 3 is 2.56 bits per heavy atom. The maximum atomic E-state index is 12.8. The van der Waals surface area contributed by atoms with Crippen LogP contribution >= 0.6 is 0 Å². The van der Waals surface area contributed by atoms with Gasteiger partial charge in [-0.1, -0.05) is 30.3 Å². The highest BCUT2D eigenvalue weighted by atomic mass is 16.5. The predicted octanol–water partition coefficient (Wildman–Crippen LogP) is 4.34. The molecule has 2 aliphatic rings. The van der Waals surface area contributed by atoms with Crippen LogP contribution in [0.4, 0.5) is 0 Å². The summed E-state index contributed by atoms with van der Waals surface area (Å²) in [6.07, 6.45) is 3.41. The van der Waals surface area contributed by atoms with E-state index in [9.17, 15) is 9.59 Å². The SMILES string of the molecule is O=C1C[C@@H](c2ccco2)c2c(ccc3c2O/C(=C\c2ccccc2)C3=O)O1. The minimum atomic E-state index is -0.352. The van der Waals surface area contributed by atoms with Crippen molar-refractivity contribution in [2.75, 3.05) is 0 Å². The van der Waals surface area contributed by atoms with E-state index in [1.165, 1.54) is 0 Å². The van der Waals surface area contributed by atoms with Crippen LogP contribution in [-0.4, -0.2) is 11.8 Å². The van der Waals surface area contributed by atoms with Crippen LogP contribution in [0.1, 0.15) is 39.6 Å². The van der Waals surface area contributed by atoms with Crippen molar-refractivity contribution in [3.8, 4) is 11.5 Å². The molecule has 132 valence electrons. The van der Waals surface area contributed by atoms with Crippen LogP contribution in [0.15, 0.2) is 71.0 Å². The third kappa shape index (κ3) is 2.56. The van der Waals surface area contributed by atoms with Gasteiger partial charge < -0.3 is 13.9 Å². The average molecular weight is 358 g/mol. The summed E-state index contributed by atoms with van der Waals surface area (Å²) < 4.78 is 16.9. The Hall–Kier alpha value is -3.60. The molecule has 0 saturated carbocycles. The molecule has 2 aromatic carbocycles. The molecular formula is C22H14O5. The van der Waals surface area contributed by atoms with Gasteiger partial charge in [0, 0.05) is 5.56 Å². The van der Waals surface area contributed by atoms with Gasteiger partial charge >= 0.3 is 5.97 Å². The predicted molar refractivity (Wildman–Crippen MR) is 96.6 cm³/mol. The van der Waals surface area contributed by atoms with Gasteiger partial charge in [0.15, 0.2) is 5.76 Å². The van der Waals surface area contributed by atoms with Crippen molar-refractivity contribution in [2.24, 2.45) is 0 Å². The molecule has 2 aliphatic heterocycles. The molecule has 0 fully saturated rings. The summed E-state index contributed by atoms with van der Waals surface area (Å²) >= 11 is 0. The van der Waals surface area contributed by atoms with Crippen molar-refractivity contribution < 1.29 is 23.5 Å². The van der Waals surface area contributed by atoms with Gasteiger partial charge in [0.1, 0.15) is 17.3 Å². The first kappa shape index (κ1) is 15.6. The number of Topliss-reactive ketones (excluding diaryl/α,β-unsaturated/α-hetero) is 1. The van der Waals surface area contributed by atoms with Crippen molar-refractivity contribution in [3.05, 3.63) is 89.1 Å². The number of allylic oxidation sites excluding steroid dienone is 1. The maximum Gasteiger partial charge on any atom is 0.312 e. The van der Waals surface area contributed by atoms with E-state index in [4.69, 9.17) is 13.9 Å². The van der Waals surface area contributed by atoms with Crippen LogP contribution in [0.5, 0.6) is 11.5 Å². The Bertz CT molecular complexity index is 1080. The van der Waals surface area contributed by atoms with Gasteiger partial charge in [0.2, 0.25) is 5.78 Å². The molecular weight excluding hydrogens is 344 g/mol. The summed E-state index contributed by atoms with van der Waals surface area (Å²) in [7, 11) is 0. The molecule has 0 bridgehead atoms. The molecule has 0 saturated heterocycles. The largest absolute Gasteiger partial charge is 0.469 e. The summed E-state index contributed by atoms with van der Waals surface area (Å²) in [5, 5.41) is 0. The second kappa shape index (κ2) is 5.99. The number of hydrogen-bond acceptors (Lipinski definition) is 5. The number of ether oxygens (including phenoxy) is 2. The first-order valence-corrected chi connectivity index (χ1v) is 8.61. The standard InChI is InChI=1S/C22H14O5/c23-19-12-15(16-7-4-10-25-16)20-17(26-19)9-8-14-21(24)18(27-22(14)20)11-13-5-2-1-3-6-13/h1-11,15H,12H2/b18-11-/t15-/m0/s1. The molecule has 5 heteroatoms. The van der Waals surface area contributed by atoms with E-state index >= 15 is 0 Å². The number of furan rings is 1. The monoisotopic (exact) mass is 358 g/mol. The fourth-order valence-corrected chi connectivity index (χ4v) is 3.54. The van der Waals surface area contributed by atoms with Gasteiger partial charge in [-0.05, 0) is 35.9 Å². The van der Waals surface area contributed by atoms with E-state index in [2.05, 4.69) is 0 Å². The Labute approximate surface area is 154 Å². The smallest absolute Gasteiger partial charge is 0.312 e. The molecule has 0 N–H and O–H groups in total. The van der Waals surface area contributed by atoms with E-state index in [0.717, 1.165) is 5.56 Å². The highest BCUT2D eigenvalue weighted by Gasteiger charge is 2.39. The zero-order valence-electron chi connectivity index (χ0n) is 14.2. The molecule has 3 heterocycles. The number of fused-ring (bicyclic) bond motifs is 3. The second-order valence-electron chi connectivity index (χ2n) is 6.45. The lowest BCUT2D eigenvalue weighted by atomic mass is 9.88. The molecule has 1 aromatic heterocycles. The van der Waals surface area contributed by atoms with E-state index < -0.39 is 0 Å². The van der Waals surface area contributed by atoms with Gasteiger partial charge in [-0.3, -0.25) is 9.59 Å². The van der Waals surface area contributed by atoms with Gasteiger partial charge in [-0.2, -0.15) is 0 Å². The molecule has 3 aromatic rings. The highest BCUT2D eigenvalue weighted by Crippen LogP contribution is 2.48. The zero-order chi connectivity index (χ0) is 18.4. The number of hydrogen-bond donors (Lipinski definition) is 0. The molecule has 1 atom stereocenters. The van der Waals surface area contributed by atoms with Crippen molar-refractivity contribution in [3.63, 3.8) is 0 Å². The van der Waals surface area contributed by atoms with E-state index in [1.807, 2.05) is 36.4 Å². The van der Waals surface area contributed by atoms with E-state index in [-0.39, 0.29) is 29.9 Å². The number of benzene rings is 2. The normalized spacial score (nSPS) is 19.4. The Balaban J connectivity index is 1.63. The molecule has 5 rings (SSSR count). The van der Waals surface area contributed by atoms with Gasteiger partial charge in [0.25, 0.3) is 0 Å². The van der Waals surface area contributed by atoms with Crippen LogP contribution in [-0.2, 0) is 4.79 Å². The van der Waals surface area contributed by atoms with Crippen LogP contribution in [0.25, 0.3) is 6.08 Å². The van der Waals surface area contributed by atoms with Gasteiger partial charge in [-0.15, -0.1) is 0 Å². The van der Waals surface area contributed by atoms with Crippen molar-refractivity contribution in [1.29, 1.82) is 0 Å². The van der Waals surface area contributed by atoms with Crippen LogP contribution in [0, 0.1) is 0 Å².